The summed E-state index contributed by atoms with van der Waals surface area (Å²) in [5, 5.41) is 2.78. The molecular weight excluding hydrogens is 288 g/mol. The van der Waals surface area contributed by atoms with E-state index in [9.17, 15) is 13.6 Å². The second kappa shape index (κ2) is 6.13. The van der Waals surface area contributed by atoms with E-state index in [0.717, 1.165) is 23.4 Å². The van der Waals surface area contributed by atoms with Gasteiger partial charge in [0.05, 0.1) is 13.0 Å². The summed E-state index contributed by atoms with van der Waals surface area (Å²) in [4.78, 5) is 11.9. The van der Waals surface area contributed by atoms with Crippen molar-refractivity contribution in [1.29, 1.82) is 0 Å². The van der Waals surface area contributed by atoms with Crippen molar-refractivity contribution in [1.82, 2.24) is 5.32 Å². The Morgan fingerprint density at radius 3 is 2.86 bits per heavy atom. The number of fused-ring (bicyclic) bond motifs is 1. The number of carbonyl (C=O) groups excluding carboxylic acids is 1. The third-order valence-corrected chi connectivity index (χ3v) is 3.71. The molecule has 0 saturated heterocycles. The van der Waals surface area contributed by atoms with Crippen LogP contribution < -0.4 is 10.1 Å². The molecule has 114 valence electrons. The standard InChI is InChI=1S/C17H15F2NO2/c18-13-6-5-11(15(19)8-13)7-17(21)20-9-12-10-22-16-4-2-1-3-14(12)16/h1-6,8,12H,7,9-10H2,(H,20,21)/t12-/m0/s1. The van der Waals surface area contributed by atoms with Crippen LogP contribution in [0.15, 0.2) is 42.5 Å². The SMILES string of the molecule is O=C(Cc1ccc(F)cc1F)NC[C@H]1COc2ccccc21. The molecule has 1 N–H and O–H groups in total. The van der Waals surface area contributed by atoms with Crippen molar-refractivity contribution in [2.24, 2.45) is 0 Å². The first kappa shape index (κ1) is 14.5. The molecule has 0 saturated carbocycles. The molecule has 1 amide bonds. The van der Waals surface area contributed by atoms with E-state index in [1.807, 2.05) is 24.3 Å². The molecule has 0 radical (unpaired) electrons. The quantitative estimate of drug-likeness (QED) is 0.943. The normalized spacial score (nSPS) is 16.0. The van der Waals surface area contributed by atoms with Crippen LogP contribution >= 0.6 is 0 Å². The first-order chi connectivity index (χ1) is 10.6. The number of hydrogen-bond acceptors (Lipinski definition) is 2. The van der Waals surface area contributed by atoms with Crippen LogP contribution in [0.5, 0.6) is 5.75 Å². The highest BCUT2D eigenvalue weighted by Gasteiger charge is 2.23. The van der Waals surface area contributed by atoms with E-state index in [2.05, 4.69) is 5.32 Å². The molecule has 1 heterocycles. The number of benzene rings is 2. The summed E-state index contributed by atoms with van der Waals surface area (Å²) in [6.07, 6.45) is -0.110. The summed E-state index contributed by atoms with van der Waals surface area (Å²) in [5.41, 5.74) is 1.25. The molecular formula is C17H15F2NO2. The van der Waals surface area contributed by atoms with E-state index < -0.39 is 11.6 Å². The molecule has 3 rings (SSSR count). The summed E-state index contributed by atoms with van der Waals surface area (Å²) in [7, 11) is 0. The topological polar surface area (TPSA) is 38.3 Å². The van der Waals surface area contributed by atoms with Crippen molar-refractivity contribution in [2.75, 3.05) is 13.2 Å². The van der Waals surface area contributed by atoms with E-state index in [1.54, 1.807) is 0 Å². The van der Waals surface area contributed by atoms with Gasteiger partial charge in [0, 0.05) is 24.1 Å². The Hall–Kier alpha value is -2.43. The fraction of sp³-hybridized carbons (Fsp3) is 0.235. The van der Waals surface area contributed by atoms with Crippen molar-refractivity contribution in [3.63, 3.8) is 0 Å². The van der Waals surface area contributed by atoms with Gasteiger partial charge in [0.25, 0.3) is 0 Å². The van der Waals surface area contributed by atoms with Crippen LogP contribution in [0, 0.1) is 11.6 Å². The average Bonchev–Trinajstić information content (AvgIpc) is 2.91. The second-order valence-corrected chi connectivity index (χ2v) is 5.26. The largest absolute Gasteiger partial charge is 0.493 e. The van der Waals surface area contributed by atoms with E-state index in [0.29, 0.717) is 13.2 Å². The van der Waals surface area contributed by atoms with Crippen LogP contribution in [0.1, 0.15) is 17.0 Å². The highest BCUT2D eigenvalue weighted by atomic mass is 19.1. The van der Waals surface area contributed by atoms with Gasteiger partial charge in [0.1, 0.15) is 17.4 Å². The van der Waals surface area contributed by atoms with Crippen molar-refractivity contribution in [2.45, 2.75) is 12.3 Å². The molecule has 1 aliphatic rings. The number of amides is 1. The van der Waals surface area contributed by atoms with Crippen LogP contribution in [0.3, 0.4) is 0 Å². The molecule has 2 aromatic carbocycles. The van der Waals surface area contributed by atoms with E-state index in [4.69, 9.17) is 4.74 Å². The van der Waals surface area contributed by atoms with Gasteiger partial charge in [0.15, 0.2) is 0 Å². The number of rotatable bonds is 4. The number of nitrogens with one attached hydrogen (secondary N) is 1. The number of carbonyl (C=O) groups is 1. The molecule has 0 fully saturated rings. The molecule has 5 heteroatoms. The molecule has 1 atom stereocenters. The van der Waals surface area contributed by atoms with Gasteiger partial charge >= 0.3 is 0 Å². The Kier molecular flexibility index (Phi) is 4.04. The van der Waals surface area contributed by atoms with Gasteiger partial charge in [-0.3, -0.25) is 4.79 Å². The lowest BCUT2D eigenvalue weighted by Gasteiger charge is -2.11. The smallest absolute Gasteiger partial charge is 0.224 e. The third kappa shape index (κ3) is 3.08. The molecule has 0 bridgehead atoms. The number of ether oxygens (including phenoxy) is 1. The van der Waals surface area contributed by atoms with E-state index in [1.165, 1.54) is 6.07 Å². The van der Waals surface area contributed by atoms with Crippen molar-refractivity contribution < 1.29 is 18.3 Å². The Morgan fingerprint density at radius 1 is 1.23 bits per heavy atom. The Morgan fingerprint density at radius 2 is 2.05 bits per heavy atom. The lowest BCUT2D eigenvalue weighted by Crippen LogP contribution is -2.30. The molecule has 0 aromatic heterocycles. The second-order valence-electron chi connectivity index (χ2n) is 5.26. The lowest BCUT2D eigenvalue weighted by atomic mass is 10.0. The summed E-state index contributed by atoms with van der Waals surface area (Å²) >= 11 is 0. The molecule has 3 nitrogen and oxygen atoms in total. The summed E-state index contributed by atoms with van der Waals surface area (Å²) in [6.45, 7) is 0.948. The van der Waals surface area contributed by atoms with Crippen molar-refractivity contribution >= 4 is 5.91 Å². The monoisotopic (exact) mass is 303 g/mol. The lowest BCUT2D eigenvalue weighted by molar-refractivity contribution is -0.120. The maximum atomic E-state index is 13.5. The molecule has 0 unspecified atom stereocenters. The molecule has 0 spiro atoms. The summed E-state index contributed by atoms with van der Waals surface area (Å²) in [5.74, 6) is -0.717. The Balaban J connectivity index is 1.57. The van der Waals surface area contributed by atoms with Crippen LogP contribution in [0.25, 0.3) is 0 Å². The highest BCUT2D eigenvalue weighted by molar-refractivity contribution is 5.78. The van der Waals surface area contributed by atoms with Gasteiger partial charge in [-0.1, -0.05) is 24.3 Å². The van der Waals surface area contributed by atoms with Crippen molar-refractivity contribution in [3.05, 3.63) is 65.2 Å². The Labute approximate surface area is 126 Å². The molecule has 2 aromatic rings. The summed E-state index contributed by atoms with van der Waals surface area (Å²) in [6, 6.07) is 10.9. The van der Waals surface area contributed by atoms with Gasteiger partial charge in [-0.15, -0.1) is 0 Å². The zero-order chi connectivity index (χ0) is 15.5. The minimum Gasteiger partial charge on any atom is -0.493 e. The zero-order valence-electron chi connectivity index (χ0n) is 11.8. The third-order valence-electron chi connectivity index (χ3n) is 3.71. The van der Waals surface area contributed by atoms with Gasteiger partial charge < -0.3 is 10.1 Å². The van der Waals surface area contributed by atoms with Gasteiger partial charge in [0.2, 0.25) is 5.91 Å². The fourth-order valence-corrected chi connectivity index (χ4v) is 2.54. The van der Waals surface area contributed by atoms with Crippen LogP contribution in [0.4, 0.5) is 8.78 Å². The zero-order valence-corrected chi connectivity index (χ0v) is 11.8. The molecule has 1 aliphatic heterocycles. The predicted molar refractivity (Wildman–Crippen MR) is 77.7 cm³/mol. The Bertz CT molecular complexity index is 703. The summed E-state index contributed by atoms with van der Waals surface area (Å²) < 4.78 is 31.9. The number of hydrogen-bond donors (Lipinski definition) is 1. The fourth-order valence-electron chi connectivity index (χ4n) is 2.54. The maximum Gasteiger partial charge on any atom is 0.224 e. The van der Waals surface area contributed by atoms with Crippen LogP contribution in [-0.2, 0) is 11.2 Å². The number of para-hydroxylation sites is 1. The van der Waals surface area contributed by atoms with Gasteiger partial charge in [-0.05, 0) is 17.7 Å². The molecule has 0 aliphatic carbocycles. The minimum absolute atomic E-state index is 0.0956. The maximum absolute atomic E-state index is 13.5. The van der Waals surface area contributed by atoms with Gasteiger partial charge in [-0.2, -0.15) is 0 Å². The highest BCUT2D eigenvalue weighted by Crippen LogP contribution is 2.32. The predicted octanol–water partition coefficient (Wildman–Crippen LogP) is 2.80. The van der Waals surface area contributed by atoms with Crippen molar-refractivity contribution in [3.8, 4) is 5.75 Å². The first-order valence-corrected chi connectivity index (χ1v) is 7.06. The van der Waals surface area contributed by atoms with E-state index >= 15 is 0 Å². The average molecular weight is 303 g/mol. The number of halogens is 2. The van der Waals surface area contributed by atoms with Gasteiger partial charge in [-0.25, -0.2) is 8.78 Å². The van der Waals surface area contributed by atoms with Crippen LogP contribution in [-0.4, -0.2) is 19.1 Å². The first-order valence-electron chi connectivity index (χ1n) is 7.06. The minimum atomic E-state index is -0.704. The van der Waals surface area contributed by atoms with Crippen LogP contribution in [0.2, 0.25) is 0 Å². The van der Waals surface area contributed by atoms with E-state index in [-0.39, 0.29) is 23.8 Å². The molecule has 22 heavy (non-hydrogen) atoms.